The smallest absolute Gasteiger partial charge is 0.230 e. The Morgan fingerprint density at radius 1 is 1.22 bits per heavy atom. The largest absolute Gasteiger partial charge is 0.352 e. The fourth-order valence-corrected chi connectivity index (χ4v) is 4.70. The van der Waals surface area contributed by atoms with Crippen molar-refractivity contribution in [3.63, 3.8) is 0 Å². The molecule has 0 saturated heterocycles. The van der Waals surface area contributed by atoms with E-state index in [1.807, 2.05) is 0 Å². The first-order chi connectivity index (χ1) is 11.0. The minimum atomic E-state index is -0.883. The Morgan fingerprint density at radius 3 is 2.57 bits per heavy atom. The van der Waals surface area contributed by atoms with E-state index in [1.165, 1.54) is 24.2 Å². The Hall–Kier alpha value is -1.14. The van der Waals surface area contributed by atoms with E-state index in [4.69, 9.17) is 5.73 Å². The van der Waals surface area contributed by atoms with Crippen molar-refractivity contribution in [1.82, 2.24) is 5.32 Å². The average molecular weight is 340 g/mol. The molecule has 1 aromatic carbocycles. The molecule has 3 rings (SSSR count). The van der Waals surface area contributed by atoms with Gasteiger partial charge in [0.1, 0.15) is 0 Å². The zero-order chi connectivity index (χ0) is 16.4. The Balaban J connectivity index is 1.54. The Bertz CT molecular complexity index is 570. The van der Waals surface area contributed by atoms with Gasteiger partial charge in [-0.2, -0.15) is 0 Å². The fourth-order valence-electron chi connectivity index (χ4n) is 3.97. The maximum atomic E-state index is 13.2. The number of amides is 1. The quantitative estimate of drug-likeness (QED) is 0.828. The average Bonchev–Trinajstić information content (AvgIpc) is 2.49. The number of nitrogens with two attached hydrogens (primary N) is 1. The molecule has 0 aromatic heterocycles. The van der Waals surface area contributed by atoms with Gasteiger partial charge in [-0.25, -0.2) is 8.78 Å². The van der Waals surface area contributed by atoms with Gasteiger partial charge in [-0.1, -0.05) is 6.42 Å². The summed E-state index contributed by atoms with van der Waals surface area (Å²) in [5.74, 6) is -0.620. The Labute approximate surface area is 139 Å². The molecule has 3 N–H and O–H groups in total. The Kier molecular flexibility index (Phi) is 5.21. The van der Waals surface area contributed by atoms with Crippen molar-refractivity contribution in [1.29, 1.82) is 0 Å². The molecular weight excluding hydrogens is 318 g/mol. The summed E-state index contributed by atoms with van der Waals surface area (Å²) in [7, 11) is 0. The number of carbonyl (C=O) groups excluding carboxylic acids is 1. The lowest BCUT2D eigenvalue weighted by atomic mass is 9.67. The number of nitrogens with one attached hydrogen (secondary N) is 1. The zero-order valence-electron chi connectivity index (χ0n) is 12.9. The number of hydrogen-bond acceptors (Lipinski definition) is 3. The van der Waals surface area contributed by atoms with Gasteiger partial charge in [-0.05, 0) is 55.7 Å². The summed E-state index contributed by atoms with van der Waals surface area (Å²) in [6, 6.07) is 4.19. The third-order valence-electron chi connectivity index (χ3n) is 4.97. The molecular formula is C17H22F2N2OS. The van der Waals surface area contributed by atoms with E-state index in [2.05, 4.69) is 5.32 Å². The predicted octanol–water partition coefficient (Wildman–Crippen LogP) is 3.08. The highest BCUT2D eigenvalue weighted by atomic mass is 32.2. The summed E-state index contributed by atoms with van der Waals surface area (Å²) in [6.45, 7) is 0. The zero-order valence-corrected chi connectivity index (χ0v) is 13.8. The Morgan fingerprint density at radius 2 is 1.91 bits per heavy atom. The highest BCUT2D eigenvalue weighted by Gasteiger charge is 2.39. The van der Waals surface area contributed by atoms with E-state index in [1.54, 1.807) is 0 Å². The van der Waals surface area contributed by atoms with Crippen LogP contribution >= 0.6 is 11.8 Å². The van der Waals surface area contributed by atoms with Crippen molar-refractivity contribution in [2.24, 2.45) is 17.6 Å². The van der Waals surface area contributed by atoms with Crippen molar-refractivity contribution in [3.8, 4) is 0 Å². The molecule has 0 aliphatic heterocycles. The summed E-state index contributed by atoms with van der Waals surface area (Å²) in [5, 5.41) is 3.15. The molecule has 1 amide bonds. The van der Waals surface area contributed by atoms with Crippen LogP contribution in [0.2, 0.25) is 0 Å². The van der Waals surface area contributed by atoms with Crippen molar-refractivity contribution < 1.29 is 13.6 Å². The normalized spacial score (nSPS) is 30.0. The topological polar surface area (TPSA) is 55.1 Å². The number of thioether (sulfide) groups is 1. The van der Waals surface area contributed by atoms with Crippen molar-refractivity contribution in [3.05, 3.63) is 29.8 Å². The van der Waals surface area contributed by atoms with Gasteiger partial charge in [0.2, 0.25) is 5.91 Å². The van der Waals surface area contributed by atoms with E-state index in [-0.39, 0.29) is 23.7 Å². The molecule has 2 saturated carbocycles. The van der Waals surface area contributed by atoms with Crippen LogP contribution in [0.5, 0.6) is 0 Å². The lowest BCUT2D eigenvalue weighted by Crippen LogP contribution is -2.54. The third kappa shape index (κ3) is 4.04. The molecule has 3 nitrogen and oxygen atoms in total. The summed E-state index contributed by atoms with van der Waals surface area (Å²) in [6.07, 6.45) is 5.45. The molecule has 0 radical (unpaired) electrons. The standard InChI is InChI=1S/C17H22F2N2OS/c18-14-5-4-13(8-15(14)19)23-9-16(22)21-17-10-2-1-3-11(17)7-12(20)6-10/h4-5,8,10-12,17H,1-3,6-7,9,20H2,(H,21,22). The van der Waals surface area contributed by atoms with Gasteiger partial charge in [0.05, 0.1) is 5.75 Å². The van der Waals surface area contributed by atoms with Crippen molar-refractivity contribution in [2.45, 2.75) is 49.1 Å². The van der Waals surface area contributed by atoms with Gasteiger partial charge in [0.15, 0.2) is 11.6 Å². The fraction of sp³-hybridized carbons (Fsp3) is 0.588. The van der Waals surface area contributed by atoms with Gasteiger partial charge in [-0.15, -0.1) is 11.8 Å². The molecule has 0 spiro atoms. The van der Waals surface area contributed by atoms with Gasteiger partial charge in [-0.3, -0.25) is 4.79 Å². The van der Waals surface area contributed by atoms with Crippen LogP contribution in [0.25, 0.3) is 0 Å². The van der Waals surface area contributed by atoms with Gasteiger partial charge >= 0.3 is 0 Å². The van der Waals surface area contributed by atoms with Crippen LogP contribution in [-0.2, 0) is 4.79 Å². The highest BCUT2D eigenvalue weighted by Crippen LogP contribution is 2.39. The minimum absolute atomic E-state index is 0.0443. The molecule has 2 atom stereocenters. The number of halogens is 2. The van der Waals surface area contributed by atoms with Crippen molar-refractivity contribution >= 4 is 17.7 Å². The lowest BCUT2D eigenvalue weighted by molar-refractivity contribution is -0.120. The number of hydrogen-bond donors (Lipinski definition) is 2. The summed E-state index contributed by atoms with van der Waals surface area (Å²) < 4.78 is 26.1. The van der Waals surface area contributed by atoms with Gasteiger partial charge in [0.25, 0.3) is 0 Å². The van der Waals surface area contributed by atoms with Gasteiger partial charge in [0, 0.05) is 17.0 Å². The predicted molar refractivity (Wildman–Crippen MR) is 87.1 cm³/mol. The monoisotopic (exact) mass is 340 g/mol. The summed E-state index contributed by atoms with van der Waals surface area (Å²) >= 11 is 1.23. The molecule has 126 valence electrons. The van der Waals surface area contributed by atoms with E-state index in [9.17, 15) is 13.6 Å². The maximum Gasteiger partial charge on any atom is 0.230 e. The number of carbonyl (C=O) groups is 1. The first kappa shape index (κ1) is 16.7. The van der Waals surface area contributed by atoms with Gasteiger partial charge < -0.3 is 11.1 Å². The van der Waals surface area contributed by atoms with Crippen LogP contribution in [0.15, 0.2) is 23.1 Å². The first-order valence-corrected chi connectivity index (χ1v) is 9.14. The van der Waals surface area contributed by atoms with Crippen LogP contribution in [0, 0.1) is 23.5 Å². The molecule has 2 fully saturated rings. The minimum Gasteiger partial charge on any atom is -0.352 e. The molecule has 2 bridgehead atoms. The molecule has 0 heterocycles. The second kappa shape index (κ2) is 7.18. The van der Waals surface area contributed by atoms with E-state index < -0.39 is 11.6 Å². The second-order valence-electron chi connectivity index (χ2n) is 6.64. The van der Waals surface area contributed by atoms with Crippen LogP contribution in [0.3, 0.4) is 0 Å². The lowest BCUT2D eigenvalue weighted by Gasteiger charge is -2.45. The van der Waals surface area contributed by atoms with Crippen LogP contribution in [0.1, 0.15) is 32.1 Å². The third-order valence-corrected chi connectivity index (χ3v) is 5.96. The number of benzene rings is 1. The van der Waals surface area contributed by atoms with Crippen LogP contribution in [-0.4, -0.2) is 23.7 Å². The van der Waals surface area contributed by atoms with E-state index in [0.717, 1.165) is 37.8 Å². The second-order valence-corrected chi connectivity index (χ2v) is 7.69. The van der Waals surface area contributed by atoms with Crippen LogP contribution < -0.4 is 11.1 Å². The van der Waals surface area contributed by atoms with E-state index in [0.29, 0.717) is 16.7 Å². The van der Waals surface area contributed by atoms with Crippen LogP contribution in [0.4, 0.5) is 8.78 Å². The molecule has 1 aromatic rings. The highest BCUT2D eigenvalue weighted by molar-refractivity contribution is 8.00. The number of rotatable bonds is 4. The summed E-state index contributed by atoms with van der Waals surface area (Å²) in [5.41, 5.74) is 6.10. The SMILES string of the molecule is NC1CC2CCCC(C1)C2NC(=O)CSc1ccc(F)c(F)c1. The first-order valence-electron chi connectivity index (χ1n) is 8.15. The molecule has 6 heteroatoms. The summed E-state index contributed by atoms with van der Waals surface area (Å²) in [4.78, 5) is 12.8. The van der Waals surface area contributed by atoms with E-state index >= 15 is 0 Å². The molecule has 2 aliphatic carbocycles. The molecule has 23 heavy (non-hydrogen) atoms. The van der Waals surface area contributed by atoms with Crippen molar-refractivity contribution in [2.75, 3.05) is 5.75 Å². The molecule has 2 unspecified atom stereocenters. The number of fused-ring (bicyclic) bond motifs is 2. The maximum absolute atomic E-state index is 13.2. The molecule has 2 aliphatic rings.